The summed E-state index contributed by atoms with van der Waals surface area (Å²) >= 11 is 0. The first-order chi connectivity index (χ1) is 6.26. The second kappa shape index (κ2) is 5.61. The number of rotatable bonds is 6. The van der Waals surface area contributed by atoms with Crippen molar-refractivity contribution in [2.45, 2.75) is 45.6 Å². The summed E-state index contributed by atoms with van der Waals surface area (Å²) in [6.07, 6.45) is 5.43. The van der Waals surface area contributed by atoms with E-state index in [-0.39, 0.29) is 0 Å². The molecule has 0 aliphatic heterocycles. The maximum atomic E-state index is 5.94. The van der Waals surface area contributed by atoms with E-state index in [2.05, 4.69) is 18.7 Å². The number of nitrogens with zero attached hydrogens (tertiary/aromatic N) is 1. The smallest absolute Gasteiger partial charge is 0.0165 e. The second-order valence-corrected chi connectivity index (χ2v) is 4.32. The van der Waals surface area contributed by atoms with Crippen molar-refractivity contribution in [3.8, 4) is 0 Å². The van der Waals surface area contributed by atoms with Crippen molar-refractivity contribution < 1.29 is 0 Å². The lowest BCUT2D eigenvalue weighted by atomic mass is 9.85. The van der Waals surface area contributed by atoms with Crippen molar-refractivity contribution in [1.82, 2.24) is 4.90 Å². The molecule has 0 amide bonds. The van der Waals surface area contributed by atoms with Crippen LogP contribution in [-0.2, 0) is 0 Å². The van der Waals surface area contributed by atoms with E-state index in [1.54, 1.807) is 0 Å². The molecular formula is C11H24N2. The normalized spacial score (nSPS) is 20.3. The predicted octanol–water partition coefficient (Wildman–Crippen LogP) is 1.85. The van der Waals surface area contributed by atoms with Crippen LogP contribution in [-0.4, -0.2) is 30.6 Å². The van der Waals surface area contributed by atoms with Gasteiger partial charge in [-0.1, -0.05) is 20.3 Å². The molecule has 13 heavy (non-hydrogen) atoms. The van der Waals surface area contributed by atoms with Crippen LogP contribution in [0.25, 0.3) is 0 Å². The van der Waals surface area contributed by atoms with Gasteiger partial charge in [0.2, 0.25) is 0 Å². The van der Waals surface area contributed by atoms with Crippen molar-refractivity contribution >= 4 is 0 Å². The molecule has 0 saturated heterocycles. The highest BCUT2D eigenvalue weighted by Gasteiger charge is 2.20. The molecule has 2 heteroatoms. The molecule has 1 fully saturated rings. The molecule has 0 radical (unpaired) electrons. The summed E-state index contributed by atoms with van der Waals surface area (Å²) in [5.41, 5.74) is 5.94. The lowest BCUT2D eigenvalue weighted by Crippen LogP contribution is -2.40. The lowest BCUT2D eigenvalue weighted by Gasteiger charge is -2.32. The summed E-state index contributed by atoms with van der Waals surface area (Å²) in [7, 11) is 0. The van der Waals surface area contributed by atoms with Gasteiger partial charge in [-0.25, -0.2) is 0 Å². The van der Waals surface area contributed by atoms with Crippen molar-refractivity contribution in [3.63, 3.8) is 0 Å². The van der Waals surface area contributed by atoms with Crippen LogP contribution in [0, 0.1) is 5.92 Å². The fraction of sp³-hybridized carbons (Fsp3) is 1.00. The standard InChI is InChI=1S/C11H24N2/c1-3-11(12)9-13(4-2)8-10-6-5-7-10/h10-11H,3-9,12H2,1-2H3. The molecule has 78 valence electrons. The molecule has 2 nitrogen and oxygen atoms in total. The summed E-state index contributed by atoms with van der Waals surface area (Å²) in [6, 6.07) is 0.375. The largest absolute Gasteiger partial charge is 0.327 e. The topological polar surface area (TPSA) is 29.3 Å². The Morgan fingerprint density at radius 1 is 1.38 bits per heavy atom. The third kappa shape index (κ3) is 3.65. The average molecular weight is 184 g/mol. The van der Waals surface area contributed by atoms with Crippen LogP contribution in [0.5, 0.6) is 0 Å². The summed E-state index contributed by atoms with van der Waals surface area (Å²) in [5.74, 6) is 0.976. The molecule has 0 aromatic rings. The van der Waals surface area contributed by atoms with E-state index in [4.69, 9.17) is 5.73 Å². The molecule has 2 N–H and O–H groups in total. The third-order valence-electron chi connectivity index (χ3n) is 3.21. The zero-order valence-corrected chi connectivity index (χ0v) is 9.13. The Kier molecular flexibility index (Phi) is 4.74. The third-order valence-corrected chi connectivity index (χ3v) is 3.21. The van der Waals surface area contributed by atoms with Gasteiger partial charge in [0.25, 0.3) is 0 Å². The van der Waals surface area contributed by atoms with Gasteiger partial charge in [-0.3, -0.25) is 0 Å². The zero-order valence-electron chi connectivity index (χ0n) is 9.13. The fourth-order valence-electron chi connectivity index (χ4n) is 1.83. The molecule has 1 aliphatic rings. The number of hydrogen-bond acceptors (Lipinski definition) is 2. The highest BCUT2D eigenvalue weighted by molar-refractivity contribution is 4.75. The quantitative estimate of drug-likeness (QED) is 0.682. The molecule has 1 aliphatic carbocycles. The van der Waals surface area contributed by atoms with Crippen LogP contribution in [0.15, 0.2) is 0 Å². The van der Waals surface area contributed by atoms with E-state index in [1.165, 1.54) is 25.8 Å². The Morgan fingerprint density at radius 2 is 2.08 bits per heavy atom. The van der Waals surface area contributed by atoms with Gasteiger partial charge in [-0.2, -0.15) is 0 Å². The van der Waals surface area contributed by atoms with Crippen molar-refractivity contribution in [2.75, 3.05) is 19.6 Å². The van der Waals surface area contributed by atoms with E-state index in [1.807, 2.05) is 0 Å². The maximum absolute atomic E-state index is 5.94. The minimum absolute atomic E-state index is 0.375. The molecule has 0 bridgehead atoms. The molecule has 1 rings (SSSR count). The van der Waals surface area contributed by atoms with Crippen LogP contribution in [0.1, 0.15) is 39.5 Å². The average Bonchev–Trinajstić information content (AvgIpc) is 2.08. The van der Waals surface area contributed by atoms with Crippen molar-refractivity contribution in [1.29, 1.82) is 0 Å². The van der Waals surface area contributed by atoms with E-state index in [0.29, 0.717) is 6.04 Å². The summed E-state index contributed by atoms with van der Waals surface area (Å²) in [5, 5.41) is 0. The van der Waals surface area contributed by atoms with Gasteiger partial charge in [-0.05, 0) is 31.7 Å². The minimum Gasteiger partial charge on any atom is -0.327 e. The van der Waals surface area contributed by atoms with Crippen LogP contribution >= 0.6 is 0 Å². The van der Waals surface area contributed by atoms with Gasteiger partial charge in [0, 0.05) is 19.1 Å². The zero-order chi connectivity index (χ0) is 9.68. The first-order valence-electron chi connectivity index (χ1n) is 5.74. The Hall–Kier alpha value is -0.0800. The van der Waals surface area contributed by atoms with Gasteiger partial charge in [0.15, 0.2) is 0 Å². The van der Waals surface area contributed by atoms with E-state index in [0.717, 1.165) is 25.4 Å². The maximum Gasteiger partial charge on any atom is 0.0165 e. The van der Waals surface area contributed by atoms with E-state index in [9.17, 15) is 0 Å². The summed E-state index contributed by atoms with van der Waals surface area (Å²) in [4.78, 5) is 2.51. The lowest BCUT2D eigenvalue weighted by molar-refractivity contribution is 0.175. The second-order valence-electron chi connectivity index (χ2n) is 4.32. The predicted molar refractivity (Wildman–Crippen MR) is 57.7 cm³/mol. The molecular weight excluding hydrogens is 160 g/mol. The van der Waals surface area contributed by atoms with Gasteiger partial charge < -0.3 is 10.6 Å². The van der Waals surface area contributed by atoms with Crippen molar-refractivity contribution in [3.05, 3.63) is 0 Å². The van der Waals surface area contributed by atoms with E-state index < -0.39 is 0 Å². The minimum atomic E-state index is 0.375. The van der Waals surface area contributed by atoms with Gasteiger partial charge >= 0.3 is 0 Å². The molecule has 0 aromatic heterocycles. The Labute approximate surface area is 82.5 Å². The molecule has 1 unspecified atom stereocenters. The molecule has 0 spiro atoms. The SMILES string of the molecule is CCC(N)CN(CC)CC1CCC1. The monoisotopic (exact) mass is 184 g/mol. The molecule has 0 aromatic carbocycles. The van der Waals surface area contributed by atoms with Crippen LogP contribution in [0.4, 0.5) is 0 Å². The van der Waals surface area contributed by atoms with Crippen LogP contribution < -0.4 is 5.73 Å². The van der Waals surface area contributed by atoms with Crippen LogP contribution in [0.3, 0.4) is 0 Å². The first kappa shape index (κ1) is 11.0. The number of nitrogens with two attached hydrogens (primary N) is 1. The van der Waals surface area contributed by atoms with E-state index >= 15 is 0 Å². The Balaban J connectivity index is 2.16. The highest BCUT2D eigenvalue weighted by atomic mass is 15.1. The van der Waals surface area contributed by atoms with Gasteiger partial charge in [0.1, 0.15) is 0 Å². The first-order valence-corrected chi connectivity index (χ1v) is 5.74. The number of likely N-dealkylation sites (N-methyl/N-ethyl adjacent to an activating group) is 1. The molecule has 1 atom stereocenters. The summed E-state index contributed by atoms with van der Waals surface area (Å²) < 4.78 is 0. The number of hydrogen-bond donors (Lipinski definition) is 1. The van der Waals surface area contributed by atoms with Gasteiger partial charge in [0.05, 0.1) is 0 Å². The Morgan fingerprint density at radius 3 is 2.46 bits per heavy atom. The summed E-state index contributed by atoms with van der Waals surface area (Å²) in [6.45, 7) is 7.93. The fourth-order valence-corrected chi connectivity index (χ4v) is 1.83. The van der Waals surface area contributed by atoms with Gasteiger partial charge in [-0.15, -0.1) is 0 Å². The van der Waals surface area contributed by atoms with Crippen LogP contribution in [0.2, 0.25) is 0 Å². The molecule has 1 saturated carbocycles. The highest BCUT2D eigenvalue weighted by Crippen LogP contribution is 2.26. The molecule has 0 heterocycles. The van der Waals surface area contributed by atoms with Crippen molar-refractivity contribution in [2.24, 2.45) is 11.7 Å². The Bertz CT molecular complexity index is 125.